The van der Waals surface area contributed by atoms with Gasteiger partial charge < -0.3 is 0 Å². The molecule has 0 saturated heterocycles. The van der Waals surface area contributed by atoms with Gasteiger partial charge >= 0.3 is 0 Å². The zero-order valence-electron chi connectivity index (χ0n) is 11.2. The van der Waals surface area contributed by atoms with Crippen molar-refractivity contribution in [3.8, 4) is 0 Å². The van der Waals surface area contributed by atoms with Crippen molar-refractivity contribution in [1.82, 2.24) is 0 Å². The van der Waals surface area contributed by atoms with Gasteiger partial charge in [-0.1, -0.05) is 35.5 Å². The predicted octanol–water partition coefficient (Wildman–Crippen LogP) is 5.59. The molecule has 0 unspecified atom stereocenters. The lowest BCUT2D eigenvalue weighted by Crippen LogP contribution is -1.76. The Morgan fingerprint density at radius 2 is 1.94 bits per heavy atom. The predicted molar refractivity (Wildman–Crippen MR) is 76.4 cm³/mol. The van der Waals surface area contributed by atoms with Crippen LogP contribution in [0.4, 0.5) is 0 Å². The van der Waals surface area contributed by atoms with Crippen molar-refractivity contribution in [2.45, 2.75) is 40.5 Å². The van der Waals surface area contributed by atoms with E-state index in [1.165, 1.54) is 17.0 Å². The Morgan fingerprint density at radius 1 is 1.24 bits per heavy atom. The first-order valence-corrected chi connectivity index (χ1v) is 6.66. The highest BCUT2D eigenvalue weighted by Crippen LogP contribution is 2.07. The van der Waals surface area contributed by atoms with Crippen molar-refractivity contribution in [1.29, 1.82) is 0 Å². The highest BCUT2D eigenvalue weighted by Gasteiger charge is 1.86. The number of hydrogen-bond acceptors (Lipinski definition) is 1. The average molecular weight is 248 g/mol. The van der Waals surface area contributed by atoms with E-state index in [0.717, 1.165) is 18.4 Å². The van der Waals surface area contributed by atoms with Crippen molar-refractivity contribution < 1.29 is 4.57 Å². The first-order chi connectivity index (χ1) is 8.06. The summed E-state index contributed by atoms with van der Waals surface area (Å²) in [6, 6.07) is 0. The van der Waals surface area contributed by atoms with Crippen LogP contribution in [0.15, 0.2) is 52.6 Å². The fourth-order valence-electron chi connectivity index (χ4n) is 1.20. The van der Waals surface area contributed by atoms with E-state index in [1.807, 2.05) is 19.1 Å². The molecule has 0 amide bonds. The summed E-state index contributed by atoms with van der Waals surface area (Å²) in [6.45, 7) is 8.31. The van der Waals surface area contributed by atoms with Crippen molar-refractivity contribution in [2.24, 2.45) is 0 Å². The molecule has 17 heavy (non-hydrogen) atoms. The van der Waals surface area contributed by atoms with E-state index in [0.29, 0.717) is 0 Å². The lowest BCUT2D eigenvalue weighted by atomic mass is 10.1. The summed E-state index contributed by atoms with van der Waals surface area (Å²) in [5.74, 6) is 1.48. The van der Waals surface area contributed by atoms with Crippen LogP contribution in [-0.4, -0.2) is 0 Å². The van der Waals surface area contributed by atoms with Gasteiger partial charge in [-0.25, -0.2) is 0 Å². The molecule has 0 heterocycles. The minimum absolute atomic E-state index is 0.00319. The summed E-state index contributed by atoms with van der Waals surface area (Å²) >= 11 is 0. The third-order valence-corrected chi connectivity index (χ3v) is 2.40. The van der Waals surface area contributed by atoms with Crippen LogP contribution in [0.25, 0.3) is 0 Å². The van der Waals surface area contributed by atoms with Gasteiger partial charge in [0.2, 0.25) is 0 Å². The van der Waals surface area contributed by atoms with Crippen molar-refractivity contribution in [3.63, 3.8) is 0 Å². The van der Waals surface area contributed by atoms with E-state index in [4.69, 9.17) is 0 Å². The first-order valence-electron chi connectivity index (χ1n) is 5.77. The fourth-order valence-corrected chi connectivity index (χ4v) is 1.46. The summed E-state index contributed by atoms with van der Waals surface area (Å²) in [6.07, 6.45) is 10.5. The van der Waals surface area contributed by atoms with E-state index >= 15 is 0 Å². The molecule has 0 aromatic heterocycles. The highest BCUT2D eigenvalue weighted by molar-refractivity contribution is 7.27. The quantitative estimate of drug-likeness (QED) is 0.259. The van der Waals surface area contributed by atoms with Crippen molar-refractivity contribution in [3.05, 3.63) is 52.6 Å². The molecule has 0 aliphatic heterocycles. The van der Waals surface area contributed by atoms with Crippen LogP contribution in [0.2, 0.25) is 0 Å². The van der Waals surface area contributed by atoms with Crippen LogP contribution in [0.3, 0.4) is 0 Å². The third kappa shape index (κ3) is 11.1. The molecule has 0 aliphatic rings. The van der Waals surface area contributed by atoms with Crippen LogP contribution in [-0.2, 0) is 4.57 Å². The van der Waals surface area contributed by atoms with Gasteiger partial charge in [-0.3, -0.25) is 4.57 Å². The third-order valence-electron chi connectivity index (χ3n) is 2.16. The van der Waals surface area contributed by atoms with Gasteiger partial charge in [-0.15, -0.1) is 5.73 Å². The Morgan fingerprint density at radius 3 is 2.53 bits per heavy atom. The summed E-state index contributed by atoms with van der Waals surface area (Å²) < 4.78 is 10.2. The van der Waals surface area contributed by atoms with Crippen LogP contribution in [0.5, 0.6) is 0 Å². The van der Waals surface area contributed by atoms with Crippen LogP contribution in [0.1, 0.15) is 40.5 Å². The van der Waals surface area contributed by atoms with E-state index in [-0.39, 0.29) is 8.46 Å². The molecule has 0 aliphatic carbocycles. The molecule has 2 heteroatoms. The Labute approximate surface area is 107 Å². The average Bonchev–Trinajstić information content (AvgIpc) is 2.25. The van der Waals surface area contributed by atoms with Gasteiger partial charge in [-0.05, 0) is 46.1 Å². The molecule has 0 bridgehead atoms. The topological polar surface area (TPSA) is 17.1 Å². The Hall–Kier alpha value is -1.16. The van der Waals surface area contributed by atoms with Gasteiger partial charge in [-0.2, -0.15) is 0 Å². The molecule has 92 valence electrons. The maximum atomic E-state index is 10.2. The van der Waals surface area contributed by atoms with Gasteiger partial charge in [0.1, 0.15) is 0 Å². The normalized spacial score (nSPS) is 11.4. The molecule has 0 rings (SSSR count). The molecule has 0 aromatic carbocycles. The minimum Gasteiger partial charge on any atom is -0.269 e. The molecule has 0 spiro atoms. The van der Waals surface area contributed by atoms with Crippen molar-refractivity contribution in [2.75, 3.05) is 0 Å². The van der Waals surface area contributed by atoms with Crippen LogP contribution >= 0.6 is 8.46 Å². The zero-order chi connectivity index (χ0) is 13.1. The molecular formula is C15H21OP. The van der Waals surface area contributed by atoms with Gasteiger partial charge in [0, 0.05) is 5.82 Å². The zero-order valence-corrected chi connectivity index (χ0v) is 12.1. The highest BCUT2D eigenvalue weighted by atomic mass is 31.1. The maximum absolute atomic E-state index is 10.2. The van der Waals surface area contributed by atoms with Crippen molar-refractivity contribution >= 4 is 8.46 Å². The fraction of sp³-hybridized carbons (Fsp3) is 0.400. The number of hydrogen-bond donors (Lipinski definition) is 0. The van der Waals surface area contributed by atoms with E-state index < -0.39 is 0 Å². The number of rotatable bonds is 6. The standard InChI is InChI=1S/C15H21OP/c1-13(2)7-5-8-14(3)9-6-10-15(4)11-12-17-16/h6-7,9-10,12H,5,8H2,1-4H3/b10-6+,14-9+. The van der Waals surface area contributed by atoms with Gasteiger partial charge in [0.25, 0.3) is 0 Å². The minimum atomic E-state index is 0.00319. The largest absolute Gasteiger partial charge is 0.269 e. The van der Waals surface area contributed by atoms with Gasteiger partial charge in [0.15, 0.2) is 8.46 Å². The Balaban J connectivity index is 4.23. The van der Waals surface area contributed by atoms with Gasteiger partial charge in [0.05, 0.1) is 0 Å². The molecule has 1 nitrogen and oxygen atoms in total. The molecule has 0 N–H and O–H groups in total. The van der Waals surface area contributed by atoms with E-state index in [9.17, 15) is 4.57 Å². The molecule has 0 fully saturated rings. The molecular weight excluding hydrogens is 227 g/mol. The summed E-state index contributed by atoms with van der Waals surface area (Å²) in [7, 11) is 0.00319. The smallest absolute Gasteiger partial charge is 0.192 e. The molecule has 0 radical (unpaired) electrons. The van der Waals surface area contributed by atoms with Crippen LogP contribution in [0, 0.1) is 0 Å². The lowest BCUT2D eigenvalue weighted by Gasteiger charge is -1.96. The monoisotopic (exact) mass is 248 g/mol. The molecule has 0 atom stereocenters. The van der Waals surface area contributed by atoms with E-state index in [1.54, 1.807) is 0 Å². The second-order valence-electron chi connectivity index (χ2n) is 4.25. The Bertz CT molecular complexity index is 387. The second kappa shape index (κ2) is 10.0. The summed E-state index contributed by atoms with van der Waals surface area (Å²) in [5, 5.41) is 0. The maximum Gasteiger partial charge on any atom is 0.192 e. The number of allylic oxidation sites excluding steroid dienone is 7. The molecule has 0 aromatic rings. The van der Waals surface area contributed by atoms with Crippen LogP contribution < -0.4 is 0 Å². The molecule has 0 saturated carbocycles. The lowest BCUT2D eigenvalue weighted by molar-refractivity contribution is 0.603. The SMILES string of the molecule is CC(=C=CP=O)/C=C/C=C(\C)CCC=C(C)C. The van der Waals surface area contributed by atoms with E-state index in [2.05, 4.69) is 38.7 Å². The Kier molecular flexibility index (Phi) is 9.34. The first kappa shape index (κ1) is 15.8. The summed E-state index contributed by atoms with van der Waals surface area (Å²) in [4.78, 5) is 0. The summed E-state index contributed by atoms with van der Waals surface area (Å²) in [5.41, 5.74) is 6.61. The second-order valence-corrected chi connectivity index (χ2v) is 4.72.